The number of rotatable bonds is 0. The Morgan fingerprint density at radius 3 is 1.89 bits per heavy atom. The molecule has 0 aliphatic rings. The van der Waals surface area contributed by atoms with Crippen LogP contribution in [0.1, 0.15) is 0 Å². The molecule has 1 unspecified atom stereocenters. The molecule has 0 heterocycles. The van der Waals surface area contributed by atoms with Gasteiger partial charge in [0.25, 0.3) is 0 Å². The van der Waals surface area contributed by atoms with E-state index < -0.39 is 0 Å². The molecule has 0 saturated heterocycles. The van der Waals surface area contributed by atoms with E-state index in [9.17, 15) is 0 Å². The van der Waals surface area contributed by atoms with E-state index in [1.54, 1.807) is 29.0 Å². The summed E-state index contributed by atoms with van der Waals surface area (Å²) in [4.78, 5) is 0. The average Bonchev–Trinajstić information content (AvgIpc) is 1.77. The minimum atomic E-state index is 0. The summed E-state index contributed by atoms with van der Waals surface area (Å²) in [6, 6.07) is 7.18. The van der Waals surface area contributed by atoms with Crippen LogP contribution in [0.2, 0.25) is 0 Å². The van der Waals surface area contributed by atoms with Crippen LogP contribution in [-0.2, 0) is 0 Å². The molecule has 1 aromatic rings. The third kappa shape index (κ3) is 2.78. The predicted octanol–water partition coefficient (Wildman–Crippen LogP) is 0.0724. The number of benzene rings is 1. The van der Waals surface area contributed by atoms with Gasteiger partial charge in [0.05, 0.1) is 0 Å². The first kappa shape index (κ1) is 8.87. The van der Waals surface area contributed by atoms with Crippen LogP contribution in [0.4, 0.5) is 0 Å². The van der Waals surface area contributed by atoms with Gasteiger partial charge in [0.2, 0.25) is 0 Å². The van der Waals surface area contributed by atoms with Gasteiger partial charge >= 0.3 is 56.3 Å². The Kier molecular flexibility index (Phi) is 3.76. The molecule has 50 valence electrons. The molecule has 3 heteroatoms. The molecule has 9 heavy (non-hydrogen) atoms. The van der Waals surface area contributed by atoms with Crippen molar-refractivity contribution in [2.75, 3.05) is 0 Å². The maximum atomic E-state index is 8.76. The zero-order chi connectivity index (χ0) is 5.98. The number of hydrogen-bond donors (Lipinski definition) is 1. The van der Waals surface area contributed by atoms with E-state index in [4.69, 9.17) is 5.11 Å². The number of phenols is 1. The Morgan fingerprint density at radius 1 is 1.11 bits per heavy atom. The molecular formula is C6H8AsClO. The van der Waals surface area contributed by atoms with Crippen LogP contribution in [0.25, 0.3) is 0 Å². The topological polar surface area (TPSA) is 20.2 Å². The number of hydrogen-bond acceptors (Lipinski definition) is 1. The van der Waals surface area contributed by atoms with Crippen molar-refractivity contribution in [3.05, 3.63) is 24.3 Å². The third-order valence-corrected chi connectivity index (χ3v) is 1.70. The number of phenolic OH excluding ortho intramolecular Hbond substituents is 1. The fourth-order valence-electron chi connectivity index (χ4n) is 0.474. The SMILES string of the molecule is Cl.Oc1ccc([AsH2])cc1. The fourth-order valence-corrected chi connectivity index (χ4v) is 0.878. The quantitative estimate of drug-likeness (QED) is 0.596. The van der Waals surface area contributed by atoms with Crippen molar-refractivity contribution < 1.29 is 5.11 Å². The van der Waals surface area contributed by atoms with Crippen molar-refractivity contribution in [3.63, 3.8) is 0 Å². The van der Waals surface area contributed by atoms with Crippen molar-refractivity contribution in [3.8, 4) is 5.75 Å². The molecule has 0 bridgehead atoms. The van der Waals surface area contributed by atoms with Gasteiger partial charge in [-0.2, -0.15) is 0 Å². The van der Waals surface area contributed by atoms with E-state index in [-0.39, 0.29) is 12.4 Å². The van der Waals surface area contributed by atoms with E-state index in [0.29, 0.717) is 5.75 Å². The molecule has 1 atom stereocenters. The van der Waals surface area contributed by atoms with Gasteiger partial charge in [-0.05, 0) is 0 Å². The van der Waals surface area contributed by atoms with E-state index in [0.717, 1.165) is 0 Å². The Morgan fingerprint density at radius 2 is 1.56 bits per heavy atom. The number of halogens is 1. The van der Waals surface area contributed by atoms with Crippen LogP contribution in [0.5, 0.6) is 5.75 Å². The molecule has 0 aromatic heterocycles. The minimum absolute atomic E-state index is 0. The van der Waals surface area contributed by atoms with Crippen molar-refractivity contribution >= 4 is 33.6 Å². The van der Waals surface area contributed by atoms with E-state index in [2.05, 4.69) is 0 Å². The summed E-state index contributed by atoms with van der Waals surface area (Å²) in [5.74, 6) is 0.339. The second-order valence-electron chi connectivity index (χ2n) is 1.59. The van der Waals surface area contributed by atoms with Crippen LogP contribution < -0.4 is 4.35 Å². The van der Waals surface area contributed by atoms with E-state index in [1.165, 1.54) is 4.35 Å². The summed E-state index contributed by atoms with van der Waals surface area (Å²) in [7, 11) is 0. The molecular weight excluding hydrogens is 198 g/mol. The third-order valence-electron chi connectivity index (χ3n) is 0.893. The van der Waals surface area contributed by atoms with Gasteiger partial charge in [-0.15, -0.1) is 12.4 Å². The summed E-state index contributed by atoms with van der Waals surface area (Å²) in [5, 5.41) is 8.76. The molecule has 0 amide bonds. The molecule has 1 aromatic carbocycles. The van der Waals surface area contributed by atoms with Gasteiger partial charge in [-0.1, -0.05) is 0 Å². The fraction of sp³-hybridized carbons (Fsp3) is 0. The van der Waals surface area contributed by atoms with Gasteiger partial charge in [-0.25, -0.2) is 0 Å². The molecule has 1 N–H and O–H groups in total. The molecule has 0 spiro atoms. The summed E-state index contributed by atoms with van der Waals surface area (Å²) in [6.45, 7) is 0. The summed E-state index contributed by atoms with van der Waals surface area (Å²) >= 11 is 1.57. The number of aromatic hydroxyl groups is 1. The molecule has 0 radical (unpaired) electrons. The van der Waals surface area contributed by atoms with Crippen molar-refractivity contribution in [1.82, 2.24) is 0 Å². The van der Waals surface area contributed by atoms with E-state index in [1.807, 2.05) is 12.1 Å². The van der Waals surface area contributed by atoms with Gasteiger partial charge in [0.1, 0.15) is 0 Å². The van der Waals surface area contributed by atoms with Crippen LogP contribution in [-0.4, -0.2) is 22.0 Å². The first-order valence-corrected chi connectivity index (χ1v) is 3.54. The summed E-state index contributed by atoms with van der Waals surface area (Å²) in [5.41, 5.74) is 0. The molecule has 0 aliphatic carbocycles. The average molecular weight is 207 g/mol. The molecule has 0 saturated carbocycles. The van der Waals surface area contributed by atoms with Crippen molar-refractivity contribution in [2.45, 2.75) is 0 Å². The Labute approximate surface area is 69.0 Å². The van der Waals surface area contributed by atoms with Crippen molar-refractivity contribution in [1.29, 1.82) is 0 Å². The summed E-state index contributed by atoms with van der Waals surface area (Å²) < 4.78 is 1.23. The van der Waals surface area contributed by atoms with Gasteiger partial charge < -0.3 is 0 Å². The van der Waals surface area contributed by atoms with Crippen LogP contribution in [0.15, 0.2) is 24.3 Å². The first-order valence-electron chi connectivity index (χ1n) is 2.33. The standard InChI is InChI=1S/C6H7AsO.ClH/c7-5-1-3-6(8)4-2-5;/h1-4,8H,7H2;1H. The van der Waals surface area contributed by atoms with Gasteiger partial charge in [0.15, 0.2) is 0 Å². The predicted molar refractivity (Wildman–Crippen MR) is 43.5 cm³/mol. The monoisotopic (exact) mass is 206 g/mol. The zero-order valence-electron chi connectivity index (χ0n) is 4.74. The van der Waals surface area contributed by atoms with Gasteiger partial charge in [-0.3, -0.25) is 0 Å². The normalized spacial score (nSPS) is 8.11. The molecule has 0 fully saturated rings. The molecule has 1 nitrogen and oxygen atoms in total. The Balaban J connectivity index is 0.000000640. The second kappa shape index (κ2) is 3.81. The molecule has 1 rings (SSSR count). The Bertz CT molecular complexity index is 152. The summed E-state index contributed by atoms with van der Waals surface area (Å²) in [6.07, 6.45) is 0. The first-order chi connectivity index (χ1) is 3.79. The molecule has 0 aliphatic heterocycles. The zero-order valence-corrected chi connectivity index (χ0v) is 7.98. The maximum absolute atomic E-state index is 8.76. The van der Waals surface area contributed by atoms with Crippen LogP contribution in [0, 0.1) is 0 Å². The van der Waals surface area contributed by atoms with Crippen LogP contribution in [0.3, 0.4) is 0 Å². The van der Waals surface area contributed by atoms with Crippen LogP contribution >= 0.6 is 12.4 Å². The van der Waals surface area contributed by atoms with Crippen molar-refractivity contribution in [2.24, 2.45) is 0 Å². The second-order valence-corrected chi connectivity index (χ2v) is 2.99. The van der Waals surface area contributed by atoms with E-state index >= 15 is 0 Å². The Hall–Kier alpha value is -0.132. The van der Waals surface area contributed by atoms with Gasteiger partial charge in [0, 0.05) is 0 Å².